The van der Waals surface area contributed by atoms with Gasteiger partial charge in [-0.15, -0.1) is 11.3 Å². The molecule has 0 saturated carbocycles. The van der Waals surface area contributed by atoms with Crippen LogP contribution in [0.3, 0.4) is 0 Å². The summed E-state index contributed by atoms with van der Waals surface area (Å²) in [4.78, 5) is 20.8. The summed E-state index contributed by atoms with van der Waals surface area (Å²) in [5, 5.41) is 8.52. The third kappa shape index (κ3) is 3.55. The van der Waals surface area contributed by atoms with Crippen molar-refractivity contribution in [3.63, 3.8) is 0 Å². The van der Waals surface area contributed by atoms with E-state index < -0.39 is 0 Å². The molecule has 0 atom stereocenters. The highest BCUT2D eigenvalue weighted by Gasteiger charge is 2.17. The zero-order valence-corrected chi connectivity index (χ0v) is 11.7. The van der Waals surface area contributed by atoms with Crippen molar-refractivity contribution in [1.29, 1.82) is 0 Å². The molecule has 1 heterocycles. The van der Waals surface area contributed by atoms with Crippen molar-refractivity contribution in [3.8, 4) is 0 Å². The highest BCUT2D eigenvalue weighted by Crippen LogP contribution is 2.12. The normalized spacial score (nSPS) is 11.2. The van der Waals surface area contributed by atoms with E-state index in [4.69, 9.17) is 10.6 Å². The fourth-order valence-electron chi connectivity index (χ4n) is 1.55. The molecule has 1 amide bonds. The van der Waals surface area contributed by atoms with Gasteiger partial charge in [-0.1, -0.05) is 35.5 Å². The molecule has 1 aromatic heterocycles. The second-order valence-corrected chi connectivity index (χ2v) is 4.75. The van der Waals surface area contributed by atoms with Gasteiger partial charge in [0.25, 0.3) is 5.91 Å². The van der Waals surface area contributed by atoms with Crippen LogP contribution in [0.5, 0.6) is 0 Å². The van der Waals surface area contributed by atoms with Gasteiger partial charge in [-0.2, -0.15) is 0 Å². The Morgan fingerprint density at radius 3 is 2.80 bits per heavy atom. The Balaban J connectivity index is 2.07. The molecule has 0 aliphatic heterocycles. The first-order chi connectivity index (χ1) is 9.70. The van der Waals surface area contributed by atoms with Gasteiger partial charge in [-0.3, -0.25) is 4.79 Å². The van der Waals surface area contributed by atoms with Gasteiger partial charge in [-0.25, -0.2) is 4.98 Å². The molecular formula is C13H14N4O2S. The standard InChI is InChI=1S/C13H14N4O2S/c1-19-17-11(10-8-20-13(14)16-10)12(18)15-7-9-5-3-2-4-6-9/h2-6,8H,7H2,1H3,(H2,14,16)(H,15,18). The minimum absolute atomic E-state index is 0.108. The molecule has 2 aromatic rings. The topological polar surface area (TPSA) is 89.6 Å². The predicted octanol–water partition coefficient (Wildman–Crippen LogP) is 1.39. The van der Waals surface area contributed by atoms with Crippen molar-refractivity contribution < 1.29 is 9.63 Å². The number of hydrogen-bond donors (Lipinski definition) is 2. The van der Waals surface area contributed by atoms with Crippen molar-refractivity contribution in [2.75, 3.05) is 12.8 Å². The van der Waals surface area contributed by atoms with Crippen LogP contribution in [0, 0.1) is 0 Å². The first-order valence-corrected chi connectivity index (χ1v) is 6.73. The Morgan fingerprint density at radius 1 is 1.45 bits per heavy atom. The number of rotatable bonds is 5. The lowest BCUT2D eigenvalue weighted by atomic mass is 10.2. The molecule has 6 nitrogen and oxygen atoms in total. The molecule has 0 aliphatic carbocycles. The summed E-state index contributed by atoms with van der Waals surface area (Å²) in [6.07, 6.45) is 0. The third-order valence-corrected chi connectivity index (χ3v) is 3.13. The number of nitrogen functional groups attached to an aromatic ring is 1. The first-order valence-electron chi connectivity index (χ1n) is 5.85. The number of benzene rings is 1. The summed E-state index contributed by atoms with van der Waals surface area (Å²) >= 11 is 1.24. The van der Waals surface area contributed by atoms with E-state index in [1.54, 1.807) is 5.38 Å². The fourth-order valence-corrected chi connectivity index (χ4v) is 2.10. The minimum Gasteiger partial charge on any atom is -0.398 e. The van der Waals surface area contributed by atoms with Crippen LogP contribution in [-0.4, -0.2) is 23.7 Å². The summed E-state index contributed by atoms with van der Waals surface area (Å²) in [5.41, 5.74) is 7.06. The third-order valence-electron chi connectivity index (χ3n) is 2.46. The van der Waals surface area contributed by atoms with E-state index in [0.29, 0.717) is 17.4 Å². The molecule has 3 N–H and O–H groups in total. The summed E-state index contributed by atoms with van der Waals surface area (Å²) in [7, 11) is 1.38. The van der Waals surface area contributed by atoms with Crippen LogP contribution in [0.4, 0.5) is 5.13 Å². The predicted molar refractivity (Wildman–Crippen MR) is 78.4 cm³/mol. The summed E-state index contributed by atoms with van der Waals surface area (Å²) in [5.74, 6) is -0.360. The number of carbonyl (C=O) groups is 1. The zero-order chi connectivity index (χ0) is 14.4. The summed E-state index contributed by atoms with van der Waals surface area (Å²) in [6, 6.07) is 9.59. The minimum atomic E-state index is -0.360. The van der Waals surface area contributed by atoms with E-state index in [1.165, 1.54) is 18.4 Å². The number of thiazole rings is 1. The first kappa shape index (κ1) is 14.0. The maximum Gasteiger partial charge on any atom is 0.275 e. The maximum atomic E-state index is 12.1. The Kier molecular flexibility index (Phi) is 4.67. The molecule has 0 aliphatic rings. The van der Waals surface area contributed by atoms with Gasteiger partial charge in [0.05, 0.1) is 0 Å². The number of nitrogens with two attached hydrogens (primary N) is 1. The Labute approximate surface area is 120 Å². The number of nitrogens with one attached hydrogen (secondary N) is 1. The lowest BCUT2D eigenvalue weighted by Crippen LogP contribution is -2.31. The molecule has 7 heteroatoms. The van der Waals surface area contributed by atoms with Crippen molar-refractivity contribution in [2.24, 2.45) is 5.16 Å². The van der Waals surface area contributed by atoms with E-state index in [9.17, 15) is 4.79 Å². The lowest BCUT2D eigenvalue weighted by molar-refractivity contribution is -0.115. The summed E-state index contributed by atoms with van der Waals surface area (Å²) < 4.78 is 0. The quantitative estimate of drug-likeness (QED) is 0.643. The largest absolute Gasteiger partial charge is 0.398 e. The van der Waals surface area contributed by atoms with Gasteiger partial charge >= 0.3 is 0 Å². The monoisotopic (exact) mass is 290 g/mol. The maximum absolute atomic E-state index is 12.1. The van der Waals surface area contributed by atoms with Gasteiger partial charge in [0.15, 0.2) is 10.8 Å². The highest BCUT2D eigenvalue weighted by molar-refractivity contribution is 7.13. The van der Waals surface area contributed by atoms with Gasteiger partial charge in [0.2, 0.25) is 0 Å². The van der Waals surface area contributed by atoms with Crippen molar-refractivity contribution in [2.45, 2.75) is 6.54 Å². The molecule has 0 unspecified atom stereocenters. The molecule has 0 bridgehead atoms. The molecule has 104 valence electrons. The average molecular weight is 290 g/mol. The van der Waals surface area contributed by atoms with Gasteiger partial charge in [-0.05, 0) is 5.56 Å². The van der Waals surface area contributed by atoms with E-state index in [1.807, 2.05) is 30.3 Å². The molecule has 1 aromatic carbocycles. The van der Waals surface area contributed by atoms with Crippen LogP contribution >= 0.6 is 11.3 Å². The Bertz CT molecular complexity index is 610. The molecule has 0 spiro atoms. The van der Waals surface area contributed by atoms with Gasteiger partial charge in [0, 0.05) is 11.9 Å². The van der Waals surface area contributed by atoms with E-state index >= 15 is 0 Å². The van der Waals surface area contributed by atoms with Crippen LogP contribution in [-0.2, 0) is 16.2 Å². The van der Waals surface area contributed by atoms with Crippen LogP contribution in [0.15, 0.2) is 40.9 Å². The molecule has 0 fully saturated rings. The molecule has 2 rings (SSSR count). The van der Waals surface area contributed by atoms with Crippen LogP contribution in [0.1, 0.15) is 11.3 Å². The van der Waals surface area contributed by atoms with Crippen LogP contribution < -0.4 is 11.1 Å². The number of nitrogens with zero attached hydrogens (tertiary/aromatic N) is 2. The molecule has 0 saturated heterocycles. The number of amides is 1. The number of aromatic nitrogens is 1. The molecular weight excluding hydrogens is 276 g/mol. The van der Waals surface area contributed by atoms with Crippen LogP contribution in [0.2, 0.25) is 0 Å². The lowest BCUT2D eigenvalue weighted by Gasteiger charge is -2.05. The Morgan fingerprint density at radius 2 is 2.20 bits per heavy atom. The highest BCUT2D eigenvalue weighted by atomic mass is 32.1. The average Bonchev–Trinajstić information content (AvgIpc) is 2.89. The van der Waals surface area contributed by atoms with E-state index in [-0.39, 0.29) is 11.6 Å². The fraction of sp³-hybridized carbons (Fsp3) is 0.154. The summed E-state index contributed by atoms with van der Waals surface area (Å²) in [6.45, 7) is 0.405. The number of oxime groups is 1. The van der Waals surface area contributed by atoms with Crippen molar-refractivity contribution in [3.05, 3.63) is 47.0 Å². The second-order valence-electron chi connectivity index (χ2n) is 3.86. The smallest absolute Gasteiger partial charge is 0.275 e. The SMILES string of the molecule is CON=C(C(=O)NCc1ccccc1)c1csc(N)n1. The Hall–Kier alpha value is -2.41. The van der Waals surface area contributed by atoms with Crippen molar-refractivity contribution >= 4 is 28.1 Å². The number of hydrogen-bond acceptors (Lipinski definition) is 6. The number of carbonyl (C=O) groups excluding carboxylic acids is 1. The molecule has 20 heavy (non-hydrogen) atoms. The second kappa shape index (κ2) is 6.67. The van der Waals surface area contributed by atoms with Crippen molar-refractivity contribution in [1.82, 2.24) is 10.3 Å². The van der Waals surface area contributed by atoms with Gasteiger partial charge < -0.3 is 15.9 Å². The molecule has 0 radical (unpaired) electrons. The van der Waals surface area contributed by atoms with E-state index in [0.717, 1.165) is 5.56 Å². The zero-order valence-electron chi connectivity index (χ0n) is 10.9. The van der Waals surface area contributed by atoms with E-state index in [2.05, 4.69) is 15.5 Å². The van der Waals surface area contributed by atoms with Crippen LogP contribution in [0.25, 0.3) is 0 Å². The number of anilines is 1. The van der Waals surface area contributed by atoms with Gasteiger partial charge in [0.1, 0.15) is 12.8 Å².